The van der Waals surface area contributed by atoms with Crippen LogP contribution in [-0.4, -0.2) is 9.55 Å². The van der Waals surface area contributed by atoms with Crippen molar-refractivity contribution in [3.05, 3.63) is 47.8 Å². The molecule has 0 aliphatic rings. The van der Waals surface area contributed by atoms with Crippen molar-refractivity contribution in [2.45, 2.75) is 33.0 Å². The van der Waals surface area contributed by atoms with Crippen LogP contribution in [0.3, 0.4) is 0 Å². The molecule has 0 saturated heterocycles. The minimum atomic E-state index is -0.337. The zero-order valence-corrected chi connectivity index (χ0v) is 11.1. The van der Waals surface area contributed by atoms with Gasteiger partial charge < -0.3 is 15.0 Å². The number of benzene rings is 1. The number of aromatic nitrogens is 2. The number of hydrogen-bond acceptors (Lipinski definition) is 3. The number of imidazole rings is 1. The number of rotatable bonds is 5. The number of halogens is 1. The van der Waals surface area contributed by atoms with Crippen molar-refractivity contribution in [2.24, 2.45) is 5.73 Å². The first-order valence-electron chi connectivity index (χ1n) is 6.28. The number of aryl methyl sites for hydroxylation is 1. The number of nitrogens with two attached hydrogens (primary N) is 1. The summed E-state index contributed by atoms with van der Waals surface area (Å²) in [4.78, 5) is 4.05. The molecule has 0 radical (unpaired) electrons. The summed E-state index contributed by atoms with van der Waals surface area (Å²) in [5.41, 5.74) is 7.11. The lowest BCUT2D eigenvalue weighted by Crippen LogP contribution is -2.08. The van der Waals surface area contributed by atoms with Gasteiger partial charge in [-0.3, -0.25) is 0 Å². The van der Waals surface area contributed by atoms with Gasteiger partial charge in [-0.05, 0) is 19.9 Å². The molecule has 1 aromatic heterocycles. The highest BCUT2D eigenvalue weighted by atomic mass is 19.1. The van der Waals surface area contributed by atoms with E-state index in [2.05, 4.69) is 4.98 Å². The third-order valence-corrected chi connectivity index (χ3v) is 2.99. The highest BCUT2D eigenvalue weighted by molar-refractivity contribution is 5.30. The van der Waals surface area contributed by atoms with Gasteiger partial charge >= 0.3 is 0 Å². The van der Waals surface area contributed by atoms with Gasteiger partial charge in [0.25, 0.3) is 0 Å². The summed E-state index contributed by atoms with van der Waals surface area (Å²) in [5.74, 6) is 0.155. The third-order valence-electron chi connectivity index (χ3n) is 2.99. The maximum absolute atomic E-state index is 13.7. The van der Waals surface area contributed by atoms with Gasteiger partial charge in [-0.25, -0.2) is 9.37 Å². The minimum absolute atomic E-state index is 0.324. The molecule has 2 aromatic rings. The largest absolute Gasteiger partial charge is 0.487 e. The summed E-state index contributed by atoms with van der Waals surface area (Å²) in [6, 6.07) is 4.43. The molecule has 1 aromatic carbocycles. The predicted octanol–water partition coefficient (Wildman–Crippen LogP) is 2.64. The lowest BCUT2D eigenvalue weighted by atomic mass is 10.1. The summed E-state index contributed by atoms with van der Waals surface area (Å²) in [5, 5.41) is 0. The van der Waals surface area contributed by atoms with Crippen molar-refractivity contribution in [1.82, 2.24) is 9.55 Å². The molecule has 1 heterocycles. The number of hydrogen-bond donors (Lipinski definition) is 1. The second-order valence-corrected chi connectivity index (χ2v) is 4.43. The fourth-order valence-electron chi connectivity index (χ4n) is 1.88. The summed E-state index contributed by atoms with van der Waals surface area (Å²) in [7, 11) is 0. The first-order valence-corrected chi connectivity index (χ1v) is 6.28. The lowest BCUT2D eigenvalue weighted by molar-refractivity contribution is 0.293. The van der Waals surface area contributed by atoms with Crippen LogP contribution in [-0.2, 0) is 13.2 Å². The molecule has 2 rings (SSSR count). The average Bonchev–Trinajstić information content (AvgIpc) is 2.83. The van der Waals surface area contributed by atoms with Crippen molar-refractivity contribution >= 4 is 0 Å². The van der Waals surface area contributed by atoms with E-state index in [9.17, 15) is 4.39 Å². The quantitative estimate of drug-likeness (QED) is 0.902. The SMILES string of the molecule is CCn1cncc1COc1ccc(C(C)N)c(F)c1. The second-order valence-electron chi connectivity index (χ2n) is 4.43. The topological polar surface area (TPSA) is 53.1 Å². The molecule has 0 aliphatic carbocycles. The standard InChI is InChI=1S/C14H18FN3O/c1-3-18-9-17-7-11(18)8-19-12-4-5-13(10(2)16)14(15)6-12/h4-7,9-10H,3,8,16H2,1-2H3. The Kier molecular flexibility index (Phi) is 4.16. The lowest BCUT2D eigenvalue weighted by Gasteiger charge is -2.11. The van der Waals surface area contributed by atoms with E-state index in [4.69, 9.17) is 10.5 Å². The Morgan fingerprint density at radius 1 is 1.47 bits per heavy atom. The minimum Gasteiger partial charge on any atom is -0.487 e. The molecule has 4 nitrogen and oxygen atoms in total. The summed E-state index contributed by atoms with van der Waals surface area (Å²) in [6.07, 6.45) is 3.49. The Morgan fingerprint density at radius 2 is 2.26 bits per heavy atom. The number of nitrogens with zero attached hydrogens (tertiary/aromatic N) is 2. The molecule has 0 amide bonds. The molecule has 0 saturated carbocycles. The van der Waals surface area contributed by atoms with Crippen LogP contribution in [0.1, 0.15) is 31.1 Å². The van der Waals surface area contributed by atoms with Crippen molar-refractivity contribution in [3.63, 3.8) is 0 Å². The Bertz CT molecular complexity index is 551. The van der Waals surface area contributed by atoms with Gasteiger partial charge in [0.05, 0.1) is 18.2 Å². The van der Waals surface area contributed by atoms with Crippen LogP contribution in [0.15, 0.2) is 30.7 Å². The zero-order chi connectivity index (χ0) is 13.8. The van der Waals surface area contributed by atoms with Gasteiger partial charge in [0, 0.05) is 24.2 Å². The van der Waals surface area contributed by atoms with E-state index in [1.165, 1.54) is 6.07 Å². The van der Waals surface area contributed by atoms with Crippen LogP contribution >= 0.6 is 0 Å². The van der Waals surface area contributed by atoms with Gasteiger partial charge in [-0.15, -0.1) is 0 Å². The highest BCUT2D eigenvalue weighted by Gasteiger charge is 2.08. The van der Waals surface area contributed by atoms with Crippen LogP contribution in [0, 0.1) is 5.82 Å². The Morgan fingerprint density at radius 3 is 2.89 bits per heavy atom. The summed E-state index contributed by atoms with van der Waals surface area (Å²) >= 11 is 0. The maximum atomic E-state index is 13.7. The van der Waals surface area contributed by atoms with E-state index in [1.807, 2.05) is 11.5 Å². The smallest absolute Gasteiger partial charge is 0.131 e. The monoisotopic (exact) mass is 263 g/mol. The van der Waals surface area contributed by atoms with Crippen LogP contribution < -0.4 is 10.5 Å². The fraction of sp³-hybridized carbons (Fsp3) is 0.357. The van der Waals surface area contributed by atoms with E-state index in [0.29, 0.717) is 17.9 Å². The van der Waals surface area contributed by atoms with Gasteiger partial charge in [0.1, 0.15) is 18.2 Å². The van der Waals surface area contributed by atoms with Crippen molar-refractivity contribution < 1.29 is 9.13 Å². The Labute approximate surface area is 112 Å². The molecule has 2 N–H and O–H groups in total. The molecule has 5 heteroatoms. The molecule has 19 heavy (non-hydrogen) atoms. The van der Waals surface area contributed by atoms with E-state index in [-0.39, 0.29) is 11.9 Å². The maximum Gasteiger partial charge on any atom is 0.131 e. The van der Waals surface area contributed by atoms with Crippen LogP contribution in [0.5, 0.6) is 5.75 Å². The van der Waals surface area contributed by atoms with Crippen molar-refractivity contribution in [3.8, 4) is 5.75 Å². The molecule has 0 bridgehead atoms. The zero-order valence-electron chi connectivity index (χ0n) is 11.1. The van der Waals surface area contributed by atoms with Gasteiger partial charge in [0.15, 0.2) is 0 Å². The first-order chi connectivity index (χ1) is 9.11. The van der Waals surface area contributed by atoms with E-state index < -0.39 is 0 Å². The highest BCUT2D eigenvalue weighted by Crippen LogP contribution is 2.21. The predicted molar refractivity (Wildman–Crippen MR) is 71.2 cm³/mol. The van der Waals surface area contributed by atoms with Crippen LogP contribution in [0.25, 0.3) is 0 Å². The first kappa shape index (κ1) is 13.5. The second kappa shape index (κ2) is 5.84. The van der Waals surface area contributed by atoms with Crippen LogP contribution in [0.4, 0.5) is 4.39 Å². The molecule has 0 aliphatic heterocycles. The average molecular weight is 263 g/mol. The molecule has 102 valence electrons. The van der Waals surface area contributed by atoms with E-state index in [1.54, 1.807) is 31.6 Å². The van der Waals surface area contributed by atoms with Crippen LogP contribution in [0.2, 0.25) is 0 Å². The van der Waals surface area contributed by atoms with Crippen molar-refractivity contribution in [1.29, 1.82) is 0 Å². The van der Waals surface area contributed by atoms with Gasteiger partial charge in [-0.2, -0.15) is 0 Å². The molecule has 0 spiro atoms. The van der Waals surface area contributed by atoms with Gasteiger partial charge in [0.2, 0.25) is 0 Å². The third kappa shape index (κ3) is 3.12. The number of ether oxygens (including phenoxy) is 1. The molecule has 1 unspecified atom stereocenters. The summed E-state index contributed by atoms with van der Waals surface area (Å²) in [6.45, 7) is 4.97. The molecule has 0 fully saturated rings. The fourth-order valence-corrected chi connectivity index (χ4v) is 1.88. The molecular weight excluding hydrogens is 245 g/mol. The van der Waals surface area contributed by atoms with Crippen molar-refractivity contribution in [2.75, 3.05) is 0 Å². The van der Waals surface area contributed by atoms with Gasteiger partial charge in [-0.1, -0.05) is 6.07 Å². The summed E-state index contributed by atoms with van der Waals surface area (Å²) < 4.78 is 21.3. The van der Waals surface area contributed by atoms with E-state index >= 15 is 0 Å². The Hall–Kier alpha value is -1.88. The Balaban J connectivity index is 2.06. The van der Waals surface area contributed by atoms with E-state index in [0.717, 1.165) is 12.2 Å². The molecular formula is C14H18FN3O. The molecule has 1 atom stereocenters. The normalized spacial score (nSPS) is 12.4.